The highest BCUT2D eigenvalue weighted by Crippen LogP contribution is 2.33. The Labute approximate surface area is 119 Å². The number of anilines is 1. The van der Waals surface area contributed by atoms with Gasteiger partial charge in [-0.1, -0.05) is 24.3 Å². The first kappa shape index (κ1) is 13.1. The van der Waals surface area contributed by atoms with Gasteiger partial charge in [-0.2, -0.15) is 0 Å². The van der Waals surface area contributed by atoms with Crippen LogP contribution in [0.3, 0.4) is 0 Å². The lowest BCUT2D eigenvalue weighted by atomic mass is 10.1. The molecule has 3 rings (SSSR count). The zero-order valence-corrected chi connectivity index (χ0v) is 11.6. The number of rotatable bonds is 3. The van der Waals surface area contributed by atoms with E-state index in [0.29, 0.717) is 11.6 Å². The van der Waals surface area contributed by atoms with E-state index in [0.717, 1.165) is 18.5 Å². The fourth-order valence-electron chi connectivity index (χ4n) is 2.95. The van der Waals surface area contributed by atoms with Gasteiger partial charge in [0.2, 0.25) is 0 Å². The molecule has 0 aliphatic carbocycles. The van der Waals surface area contributed by atoms with Gasteiger partial charge in [0.1, 0.15) is 5.82 Å². The average Bonchev–Trinajstić information content (AvgIpc) is 2.77. The number of para-hydroxylation sites is 1. The van der Waals surface area contributed by atoms with Crippen LogP contribution in [-0.2, 0) is 19.5 Å². The van der Waals surface area contributed by atoms with Crippen molar-refractivity contribution in [2.75, 3.05) is 4.90 Å². The van der Waals surface area contributed by atoms with Crippen molar-refractivity contribution in [3.05, 3.63) is 65.0 Å². The van der Waals surface area contributed by atoms with Gasteiger partial charge in [-0.05, 0) is 42.7 Å². The summed E-state index contributed by atoms with van der Waals surface area (Å²) in [6.45, 7) is 3.27. The van der Waals surface area contributed by atoms with Gasteiger partial charge in [0.15, 0.2) is 0 Å². The van der Waals surface area contributed by atoms with Gasteiger partial charge in [-0.3, -0.25) is 0 Å². The van der Waals surface area contributed by atoms with Crippen molar-refractivity contribution >= 4 is 5.69 Å². The van der Waals surface area contributed by atoms with Crippen molar-refractivity contribution in [1.29, 1.82) is 0 Å². The number of hydrogen-bond donors (Lipinski definition) is 1. The average molecular weight is 270 g/mol. The molecule has 3 heteroatoms. The molecule has 1 heterocycles. The van der Waals surface area contributed by atoms with Crippen molar-refractivity contribution in [3.63, 3.8) is 0 Å². The molecule has 0 aromatic heterocycles. The maximum atomic E-state index is 13.5. The molecule has 0 saturated carbocycles. The molecule has 2 nitrogen and oxygen atoms in total. The number of nitrogens with zero attached hydrogens (tertiary/aromatic N) is 1. The summed E-state index contributed by atoms with van der Waals surface area (Å²) < 4.78 is 13.5. The van der Waals surface area contributed by atoms with Crippen LogP contribution in [0.4, 0.5) is 10.1 Å². The Morgan fingerprint density at radius 1 is 1.25 bits per heavy atom. The quantitative estimate of drug-likeness (QED) is 0.927. The highest BCUT2D eigenvalue weighted by Gasteiger charge is 2.25. The first-order valence-corrected chi connectivity index (χ1v) is 7.01. The van der Waals surface area contributed by atoms with Crippen LogP contribution >= 0.6 is 0 Å². The van der Waals surface area contributed by atoms with E-state index in [-0.39, 0.29) is 12.4 Å². The third-order valence-corrected chi connectivity index (χ3v) is 4.03. The summed E-state index contributed by atoms with van der Waals surface area (Å²) in [4.78, 5) is 2.38. The molecule has 1 atom stereocenters. The molecule has 1 aliphatic heterocycles. The Bertz CT molecular complexity index is 624. The molecule has 2 aromatic carbocycles. The summed E-state index contributed by atoms with van der Waals surface area (Å²) in [7, 11) is 0. The molecule has 1 unspecified atom stereocenters. The van der Waals surface area contributed by atoms with Gasteiger partial charge in [-0.15, -0.1) is 0 Å². The van der Waals surface area contributed by atoms with Crippen LogP contribution in [0.25, 0.3) is 0 Å². The molecular formula is C17H19FN2. The van der Waals surface area contributed by atoms with Crippen LogP contribution < -0.4 is 10.6 Å². The highest BCUT2D eigenvalue weighted by atomic mass is 19.1. The molecule has 0 bridgehead atoms. The lowest BCUT2D eigenvalue weighted by Gasteiger charge is -2.25. The number of nitrogens with two attached hydrogens (primary N) is 1. The molecule has 0 fully saturated rings. The van der Waals surface area contributed by atoms with Gasteiger partial charge < -0.3 is 10.6 Å². The van der Waals surface area contributed by atoms with E-state index in [2.05, 4.69) is 36.1 Å². The minimum atomic E-state index is -0.217. The third kappa shape index (κ3) is 2.29. The Balaban J connectivity index is 1.88. The van der Waals surface area contributed by atoms with Gasteiger partial charge >= 0.3 is 0 Å². The summed E-state index contributed by atoms with van der Waals surface area (Å²) >= 11 is 0. The molecule has 0 spiro atoms. The summed E-state index contributed by atoms with van der Waals surface area (Å²) in [5, 5.41) is 0. The number of fused-ring (bicyclic) bond motifs is 1. The Hall–Kier alpha value is -1.87. The van der Waals surface area contributed by atoms with Crippen LogP contribution in [0.15, 0.2) is 42.5 Å². The van der Waals surface area contributed by atoms with Gasteiger partial charge in [0, 0.05) is 30.4 Å². The van der Waals surface area contributed by atoms with Crippen LogP contribution in [0.5, 0.6) is 0 Å². The Morgan fingerprint density at radius 2 is 2.05 bits per heavy atom. The molecule has 0 radical (unpaired) electrons. The number of hydrogen-bond acceptors (Lipinski definition) is 2. The largest absolute Gasteiger partial charge is 0.364 e. The van der Waals surface area contributed by atoms with E-state index in [1.165, 1.54) is 17.3 Å². The fourth-order valence-corrected chi connectivity index (χ4v) is 2.95. The summed E-state index contributed by atoms with van der Waals surface area (Å²) in [6.07, 6.45) is 1.07. The Kier molecular flexibility index (Phi) is 3.45. The van der Waals surface area contributed by atoms with Crippen LogP contribution in [0.1, 0.15) is 23.6 Å². The van der Waals surface area contributed by atoms with Gasteiger partial charge in [-0.25, -0.2) is 4.39 Å². The number of benzene rings is 2. The zero-order valence-electron chi connectivity index (χ0n) is 11.6. The zero-order chi connectivity index (χ0) is 14.1. The van der Waals surface area contributed by atoms with Crippen molar-refractivity contribution in [1.82, 2.24) is 0 Å². The maximum Gasteiger partial charge on any atom is 0.127 e. The first-order chi connectivity index (χ1) is 9.69. The van der Waals surface area contributed by atoms with E-state index in [9.17, 15) is 4.39 Å². The summed E-state index contributed by atoms with van der Waals surface area (Å²) in [6, 6.07) is 14.2. The summed E-state index contributed by atoms with van der Waals surface area (Å²) in [5.74, 6) is -0.217. The SMILES string of the molecule is CC1Cc2ccccc2N1Cc1ccc(F)c(CN)c1. The lowest BCUT2D eigenvalue weighted by molar-refractivity contribution is 0.608. The monoisotopic (exact) mass is 270 g/mol. The molecule has 0 amide bonds. The molecule has 2 aromatic rings. The van der Waals surface area contributed by atoms with E-state index < -0.39 is 0 Å². The highest BCUT2D eigenvalue weighted by molar-refractivity contribution is 5.59. The minimum Gasteiger partial charge on any atom is -0.364 e. The molecule has 104 valence electrons. The van der Waals surface area contributed by atoms with Crippen molar-refractivity contribution in [3.8, 4) is 0 Å². The predicted octanol–water partition coefficient (Wildman–Crippen LogP) is 3.24. The molecule has 2 N–H and O–H groups in total. The third-order valence-electron chi connectivity index (χ3n) is 4.03. The minimum absolute atomic E-state index is 0.217. The molecular weight excluding hydrogens is 251 g/mol. The molecule has 20 heavy (non-hydrogen) atoms. The lowest BCUT2D eigenvalue weighted by Crippen LogP contribution is -2.28. The van der Waals surface area contributed by atoms with E-state index in [4.69, 9.17) is 5.73 Å². The second-order valence-corrected chi connectivity index (χ2v) is 5.44. The van der Waals surface area contributed by atoms with Crippen molar-refractivity contribution in [2.24, 2.45) is 5.73 Å². The standard InChI is InChI=1S/C17H19FN2/c1-12-8-14-4-2-3-5-17(14)20(12)11-13-6-7-16(18)15(9-13)10-19/h2-7,9,12H,8,10-11,19H2,1H3. The first-order valence-electron chi connectivity index (χ1n) is 7.01. The van der Waals surface area contributed by atoms with Crippen LogP contribution in [0.2, 0.25) is 0 Å². The fraction of sp³-hybridized carbons (Fsp3) is 0.294. The van der Waals surface area contributed by atoms with E-state index >= 15 is 0 Å². The van der Waals surface area contributed by atoms with Crippen LogP contribution in [0, 0.1) is 5.82 Å². The second kappa shape index (κ2) is 5.25. The maximum absolute atomic E-state index is 13.5. The number of halogens is 1. The summed E-state index contributed by atoms with van der Waals surface area (Å²) in [5.41, 5.74) is 9.95. The Morgan fingerprint density at radius 3 is 2.85 bits per heavy atom. The normalized spacial score (nSPS) is 17.4. The predicted molar refractivity (Wildman–Crippen MR) is 80.1 cm³/mol. The van der Waals surface area contributed by atoms with E-state index in [1.54, 1.807) is 0 Å². The topological polar surface area (TPSA) is 29.3 Å². The second-order valence-electron chi connectivity index (χ2n) is 5.44. The van der Waals surface area contributed by atoms with Crippen LogP contribution in [-0.4, -0.2) is 6.04 Å². The van der Waals surface area contributed by atoms with Crippen molar-refractivity contribution < 1.29 is 4.39 Å². The van der Waals surface area contributed by atoms with Gasteiger partial charge in [0.25, 0.3) is 0 Å². The smallest absolute Gasteiger partial charge is 0.127 e. The van der Waals surface area contributed by atoms with E-state index in [1.807, 2.05) is 12.1 Å². The molecule has 0 saturated heterocycles. The van der Waals surface area contributed by atoms with Gasteiger partial charge in [0.05, 0.1) is 0 Å². The molecule has 1 aliphatic rings. The van der Waals surface area contributed by atoms with Crippen molar-refractivity contribution in [2.45, 2.75) is 32.5 Å².